The van der Waals surface area contributed by atoms with E-state index in [4.69, 9.17) is 16.6 Å². The summed E-state index contributed by atoms with van der Waals surface area (Å²) in [7, 11) is 0. The van der Waals surface area contributed by atoms with Gasteiger partial charge in [-0.25, -0.2) is 4.79 Å². The molecule has 0 radical (unpaired) electrons. The molecule has 5 atom stereocenters. The van der Waals surface area contributed by atoms with Gasteiger partial charge in [0.2, 0.25) is 23.6 Å². The van der Waals surface area contributed by atoms with Gasteiger partial charge in [0.15, 0.2) is 0 Å². The Bertz CT molecular complexity index is 774. The van der Waals surface area contributed by atoms with Gasteiger partial charge in [-0.3, -0.25) is 24.0 Å². The number of amides is 4. The second-order valence-corrected chi connectivity index (χ2v) is 8.17. The molecule has 0 saturated carbocycles. The molecule has 13 nitrogen and oxygen atoms in total. The van der Waals surface area contributed by atoms with Crippen LogP contribution in [0.25, 0.3) is 0 Å². The SMILES string of the molecule is CCC(C)C(NC(=O)C(N)CCC(=O)O)C(=O)N1CCCC1C(=O)NC(CC(N)=O)C(=O)O. The Morgan fingerprint density at radius 2 is 1.76 bits per heavy atom. The number of carboxylic acid groups (broad SMARTS) is 2. The molecule has 1 aliphatic heterocycles. The average Bonchev–Trinajstić information content (AvgIpc) is 3.23. The van der Waals surface area contributed by atoms with Crippen molar-refractivity contribution in [2.24, 2.45) is 17.4 Å². The molecule has 186 valence electrons. The third-order valence-electron chi connectivity index (χ3n) is 5.64. The van der Waals surface area contributed by atoms with Crippen LogP contribution in [0, 0.1) is 5.92 Å². The molecular weight excluding hydrogens is 438 g/mol. The first-order chi connectivity index (χ1) is 15.4. The smallest absolute Gasteiger partial charge is 0.326 e. The summed E-state index contributed by atoms with van der Waals surface area (Å²) >= 11 is 0. The molecule has 5 unspecified atom stereocenters. The van der Waals surface area contributed by atoms with Gasteiger partial charge in [0.25, 0.3) is 0 Å². The fraction of sp³-hybridized carbons (Fsp3) is 0.700. The van der Waals surface area contributed by atoms with Crippen LogP contribution >= 0.6 is 0 Å². The predicted octanol–water partition coefficient (Wildman–Crippen LogP) is -1.85. The quantitative estimate of drug-likeness (QED) is 0.177. The van der Waals surface area contributed by atoms with E-state index in [0.29, 0.717) is 12.8 Å². The molecule has 0 aromatic heterocycles. The largest absolute Gasteiger partial charge is 0.481 e. The van der Waals surface area contributed by atoms with Crippen molar-refractivity contribution in [1.82, 2.24) is 15.5 Å². The lowest BCUT2D eigenvalue weighted by atomic mass is 9.96. The average molecular weight is 472 g/mol. The zero-order chi connectivity index (χ0) is 25.3. The fourth-order valence-electron chi connectivity index (χ4n) is 3.50. The van der Waals surface area contributed by atoms with E-state index in [2.05, 4.69) is 10.6 Å². The Balaban J connectivity index is 2.96. The van der Waals surface area contributed by atoms with E-state index < -0.39 is 66.2 Å². The molecule has 0 spiro atoms. The maximum atomic E-state index is 13.3. The number of rotatable bonds is 13. The van der Waals surface area contributed by atoms with Crippen LogP contribution in [0.5, 0.6) is 0 Å². The van der Waals surface area contributed by atoms with Crippen molar-refractivity contribution in [3.63, 3.8) is 0 Å². The highest BCUT2D eigenvalue weighted by Gasteiger charge is 2.40. The molecule has 1 saturated heterocycles. The van der Waals surface area contributed by atoms with Crippen LogP contribution in [-0.2, 0) is 28.8 Å². The molecular formula is C20H33N5O8. The highest BCUT2D eigenvalue weighted by atomic mass is 16.4. The number of nitrogens with zero attached hydrogens (tertiary/aromatic N) is 1. The predicted molar refractivity (Wildman–Crippen MR) is 114 cm³/mol. The van der Waals surface area contributed by atoms with Crippen molar-refractivity contribution in [2.75, 3.05) is 6.54 Å². The Kier molecular flexibility index (Phi) is 10.7. The zero-order valence-electron chi connectivity index (χ0n) is 18.8. The second kappa shape index (κ2) is 12.7. The molecule has 1 aliphatic rings. The molecule has 1 fully saturated rings. The lowest BCUT2D eigenvalue weighted by Crippen LogP contribution is -2.58. The third kappa shape index (κ3) is 8.33. The number of aliphatic carboxylic acids is 2. The van der Waals surface area contributed by atoms with Gasteiger partial charge in [-0.15, -0.1) is 0 Å². The Morgan fingerprint density at radius 3 is 2.27 bits per heavy atom. The molecule has 0 bridgehead atoms. The standard InChI is InChI=1S/C20H33N5O8/c1-3-10(2)16(24-17(29)11(21)6-7-15(27)28)19(31)25-8-4-5-13(25)18(30)23-12(20(32)33)9-14(22)26/h10-13,16H,3-9,21H2,1-2H3,(H2,22,26)(H,23,30)(H,24,29)(H,27,28)(H,32,33). The summed E-state index contributed by atoms with van der Waals surface area (Å²) in [5.41, 5.74) is 10.8. The molecule has 0 aromatic rings. The maximum absolute atomic E-state index is 13.3. The lowest BCUT2D eigenvalue weighted by molar-refractivity contribution is -0.146. The number of nitrogens with one attached hydrogen (secondary N) is 2. The Morgan fingerprint density at radius 1 is 1.12 bits per heavy atom. The van der Waals surface area contributed by atoms with Gasteiger partial charge in [0.1, 0.15) is 18.1 Å². The van der Waals surface area contributed by atoms with Crippen LogP contribution < -0.4 is 22.1 Å². The lowest BCUT2D eigenvalue weighted by Gasteiger charge is -2.32. The number of nitrogens with two attached hydrogens (primary N) is 2. The van der Waals surface area contributed by atoms with E-state index in [9.17, 15) is 33.9 Å². The normalized spacial score (nSPS) is 19.1. The maximum Gasteiger partial charge on any atom is 0.326 e. The Labute approximate surface area is 191 Å². The van der Waals surface area contributed by atoms with E-state index in [1.165, 1.54) is 4.90 Å². The summed E-state index contributed by atoms with van der Waals surface area (Å²) in [6.07, 6.45) is 0.276. The summed E-state index contributed by atoms with van der Waals surface area (Å²) in [5, 5.41) is 22.8. The van der Waals surface area contributed by atoms with Crippen molar-refractivity contribution >= 4 is 35.6 Å². The van der Waals surface area contributed by atoms with Gasteiger partial charge < -0.3 is 37.2 Å². The first-order valence-electron chi connectivity index (χ1n) is 10.8. The summed E-state index contributed by atoms with van der Waals surface area (Å²) in [6.45, 7) is 3.78. The first-order valence-corrected chi connectivity index (χ1v) is 10.8. The first kappa shape index (κ1) is 27.8. The van der Waals surface area contributed by atoms with Crippen molar-refractivity contribution in [3.05, 3.63) is 0 Å². The van der Waals surface area contributed by atoms with Crippen LogP contribution in [0.2, 0.25) is 0 Å². The molecule has 1 rings (SSSR count). The van der Waals surface area contributed by atoms with Gasteiger partial charge in [-0.2, -0.15) is 0 Å². The number of primary amides is 1. The minimum atomic E-state index is -1.52. The summed E-state index contributed by atoms with van der Waals surface area (Å²) in [4.78, 5) is 72.9. The van der Waals surface area contributed by atoms with Crippen molar-refractivity contribution < 1.29 is 39.0 Å². The molecule has 33 heavy (non-hydrogen) atoms. The Hall–Kier alpha value is -3.22. The van der Waals surface area contributed by atoms with Crippen LogP contribution in [0.1, 0.15) is 52.4 Å². The molecule has 0 aromatic carbocycles. The molecule has 8 N–H and O–H groups in total. The van der Waals surface area contributed by atoms with Gasteiger partial charge in [-0.1, -0.05) is 20.3 Å². The minimum absolute atomic E-state index is 0.103. The highest BCUT2D eigenvalue weighted by molar-refractivity contribution is 5.95. The zero-order valence-corrected chi connectivity index (χ0v) is 18.8. The number of carbonyl (C=O) groups excluding carboxylic acids is 4. The number of hydrogen-bond donors (Lipinski definition) is 6. The number of hydrogen-bond acceptors (Lipinski definition) is 7. The van der Waals surface area contributed by atoms with Crippen molar-refractivity contribution in [2.45, 2.75) is 76.5 Å². The monoisotopic (exact) mass is 471 g/mol. The number of carbonyl (C=O) groups is 6. The highest BCUT2D eigenvalue weighted by Crippen LogP contribution is 2.22. The van der Waals surface area contributed by atoms with Gasteiger partial charge in [0, 0.05) is 13.0 Å². The number of carboxylic acids is 2. The number of likely N-dealkylation sites (tertiary alicyclic amines) is 1. The fourth-order valence-corrected chi connectivity index (χ4v) is 3.50. The second-order valence-electron chi connectivity index (χ2n) is 8.17. The van der Waals surface area contributed by atoms with Crippen molar-refractivity contribution in [1.29, 1.82) is 0 Å². The van der Waals surface area contributed by atoms with Crippen LogP contribution in [0.3, 0.4) is 0 Å². The van der Waals surface area contributed by atoms with Gasteiger partial charge >= 0.3 is 11.9 Å². The topological polar surface area (TPSA) is 222 Å². The summed E-state index contributed by atoms with van der Waals surface area (Å²) in [6, 6.07) is -4.63. The summed E-state index contributed by atoms with van der Waals surface area (Å²) < 4.78 is 0. The van der Waals surface area contributed by atoms with Crippen LogP contribution in [0.15, 0.2) is 0 Å². The molecule has 4 amide bonds. The third-order valence-corrected chi connectivity index (χ3v) is 5.64. The molecule has 1 heterocycles. The minimum Gasteiger partial charge on any atom is -0.481 e. The van der Waals surface area contributed by atoms with Crippen LogP contribution in [0.4, 0.5) is 0 Å². The van der Waals surface area contributed by atoms with E-state index in [0.717, 1.165) is 0 Å². The van der Waals surface area contributed by atoms with E-state index in [-0.39, 0.29) is 31.7 Å². The summed E-state index contributed by atoms with van der Waals surface area (Å²) in [5.74, 6) is -5.69. The van der Waals surface area contributed by atoms with Crippen molar-refractivity contribution in [3.8, 4) is 0 Å². The molecule has 0 aliphatic carbocycles. The molecule has 13 heteroatoms. The van der Waals surface area contributed by atoms with E-state index in [1.54, 1.807) is 6.92 Å². The van der Waals surface area contributed by atoms with E-state index in [1.807, 2.05) is 6.92 Å². The van der Waals surface area contributed by atoms with Gasteiger partial charge in [-0.05, 0) is 25.2 Å². The van der Waals surface area contributed by atoms with E-state index >= 15 is 0 Å². The van der Waals surface area contributed by atoms with Gasteiger partial charge in [0.05, 0.1) is 12.5 Å². The van der Waals surface area contributed by atoms with Crippen LogP contribution in [-0.4, -0.2) is 81.4 Å².